The Morgan fingerprint density at radius 1 is 1.25 bits per heavy atom. The molecule has 0 aliphatic rings. The number of carbonyl (C=O) groups is 1. The van der Waals surface area contributed by atoms with Gasteiger partial charge in [0.05, 0.1) is 4.90 Å². The van der Waals surface area contributed by atoms with Crippen LogP contribution in [0.25, 0.3) is 0 Å². The van der Waals surface area contributed by atoms with Gasteiger partial charge < -0.3 is 4.90 Å². The molecule has 0 aliphatic heterocycles. The van der Waals surface area contributed by atoms with Crippen molar-refractivity contribution in [3.63, 3.8) is 0 Å². The summed E-state index contributed by atoms with van der Waals surface area (Å²) >= 11 is 0. The Labute approximate surface area is 95.8 Å². The SMILES string of the molecule is CC(=O)N(C)Cc1ccc(S(C)(=O)=O)cc1. The largest absolute Gasteiger partial charge is 0.342 e. The molecule has 0 fully saturated rings. The molecule has 0 aliphatic carbocycles. The highest BCUT2D eigenvalue weighted by Gasteiger charge is 2.07. The van der Waals surface area contributed by atoms with Gasteiger partial charge in [0.2, 0.25) is 5.91 Å². The summed E-state index contributed by atoms with van der Waals surface area (Å²) in [5.74, 6) is -0.0211. The zero-order valence-electron chi connectivity index (χ0n) is 9.60. The maximum atomic E-state index is 11.2. The minimum absolute atomic E-state index is 0.0211. The van der Waals surface area contributed by atoms with Gasteiger partial charge >= 0.3 is 0 Å². The summed E-state index contributed by atoms with van der Waals surface area (Å²) < 4.78 is 22.4. The highest BCUT2D eigenvalue weighted by molar-refractivity contribution is 7.90. The van der Waals surface area contributed by atoms with Crippen LogP contribution in [0.5, 0.6) is 0 Å². The monoisotopic (exact) mass is 241 g/mol. The van der Waals surface area contributed by atoms with Crippen LogP contribution in [0.1, 0.15) is 12.5 Å². The summed E-state index contributed by atoms with van der Waals surface area (Å²) in [6, 6.07) is 6.54. The van der Waals surface area contributed by atoms with Crippen LogP contribution < -0.4 is 0 Å². The van der Waals surface area contributed by atoms with Crippen molar-refractivity contribution in [2.45, 2.75) is 18.4 Å². The summed E-state index contributed by atoms with van der Waals surface area (Å²) in [7, 11) is -1.44. The van der Waals surface area contributed by atoms with E-state index in [0.717, 1.165) is 5.56 Å². The Bertz CT molecular complexity index is 476. The number of nitrogens with zero attached hydrogens (tertiary/aromatic N) is 1. The second kappa shape index (κ2) is 4.65. The Kier molecular flexibility index (Phi) is 3.70. The highest BCUT2D eigenvalue weighted by atomic mass is 32.2. The van der Waals surface area contributed by atoms with Crippen LogP contribution in [0, 0.1) is 0 Å². The Morgan fingerprint density at radius 3 is 2.12 bits per heavy atom. The third-order valence-electron chi connectivity index (χ3n) is 2.31. The molecule has 1 aromatic carbocycles. The zero-order chi connectivity index (χ0) is 12.3. The van der Waals surface area contributed by atoms with Gasteiger partial charge in [0.1, 0.15) is 0 Å². The number of hydrogen-bond acceptors (Lipinski definition) is 3. The number of hydrogen-bond donors (Lipinski definition) is 0. The van der Waals surface area contributed by atoms with Crippen LogP contribution in [0.4, 0.5) is 0 Å². The third-order valence-corrected chi connectivity index (χ3v) is 3.44. The zero-order valence-corrected chi connectivity index (χ0v) is 10.4. The van der Waals surface area contributed by atoms with Crippen LogP contribution in [0.2, 0.25) is 0 Å². The maximum Gasteiger partial charge on any atom is 0.219 e. The van der Waals surface area contributed by atoms with Gasteiger partial charge in [0.25, 0.3) is 0 Å². The van der Waals surface area contributed by atoms with Crippen LogP contribution in [0.3, 0.4) is 0 Å². The quantitative estimate of drug-likeness (QED) is 0.795. The number of carbonyl (C=O) groups excluding carboxylic acids is 1. The van der Waals surface area contributed by atoms with Gasteiger partial charge in [-0.3, -0.25) is 4.79 Å². The number of amides is 1. The van der Waals surface area contributed by atoms with E-state index in [2.05, 4.69) is 0 Å². The van der Waals surface area contributed by atoms with Crippen molar-refractivity contribution in [2.24, 2.45) is 0 Å². The van der Waals surface area contributed by atoms with E-state index < -0.39 is 9.84 Å². The topological polar surface area (TPSA) is 54.5 Å². The molecule has 0 unspecified atom stereocenters. The first-order valence-electron chi connectivity index (χ1n) is 4.81. The van der Waals surface area contributed by atoms with Crippen LogP contribution >= 0.6 is 0 Å². The lowest BCUT2D eigenvalue weighted by molar-refractivity contribution is -0.128. The molecule has 1 rings (SSSR count). The molecular weight excluding hydrogens is 226 g/mol. The molecule has 4 nitrogen and oxygen atoms in total. The molecule has 5 heteroatoms. The molecule has 0 saturated carbocycles. The Hall–Kier alpha value is -1.36. The average Bonchev–Trinajstić information content (AvgIpc) is 2.17. The minimum Gasteiger partial charge on any atom is -0.342 e. The van der Waals surface area contributed by atoms with Crippen molar-refractivity contribution >= 4 is 15.7 Å². The van der Waals surface area contributed by atoms with E-state index in [1.807, 2.05) is 0 Å². The van der Waals surface area contributed by atoms with Gasteiger partial charge in [-0.1, -0.05) is 12.1 Å². The molecule has 0 spiro atoms. The summed E-state index contributed by atoms with van der Waals surface area (Å²) in [4.78, 5) is 12.9. The molecule has 0 saturated heterocycles. The standard InChI is InChI=1S/C11H15NO3S/c1-9(13)12(2)8-10-4-6-11(7-5-10)16(3,14)15/h4-7H,8H2,1-3H3. The number of benzene rings is 1. The summed E-state index contributed by atoms with van der Waals surface area (Å²) in [6.07, 6.45) is 1.17. The fraction of sp³-hybridized carbons (Fsp3) is 0.364. The first kappa shape index (κ1) is 12.7. The van der Waals surface area contributed by atoms with Gasteiger partial charge in [-0.2, -0.15) is 0 Å². The van der Waals surface area contributed by atoms with Gasteiger partial charge in [0, 0.05) is 26.8 Å². The maximum absolute atomic E-state index is 11.2. The molecule has 0 N–H and O–H groups in total. The van der Waals surface area contributed by atoms with Crippen molar-refractivity contribution in [1.82, 2.24) is 4.90 Å². The van der Waals surface area contributed by atoms with Crippen LogP contribution in [-0.4, -0.2) is 32.5 Å². The van der Waals surface area contributed by atoms with Gasteiger partial charge in [0.15, 0.2) is 9.84 Å². The Balaban J connectivity index is 2.84. The molecule has 0 radical (unpaired) electrons. The van der Waals surface area contributed by atoms with E-state index in [0.29, 0.717) is 11.4 Å². The molecule has 0 heterocycles. The highest BCUT2D eigenvalue weighted by Crippen LogP contribution is 2.11. The predicted octanol–water partition coefficient (Wildman–Crippen LogP) is 1.07. The van der Waals surface area contributed by atoms with E-state index in [4.69, 9.17) is 0 Å². The average molecular weight is 241 g/mol. The third kappa shape index (κ3) is 3.34. The van der Waals surface area contributed by atoms with Crippen molar-refractivity contribution in [3.8, 4) is 0 Å². The lowest BCUT2D eigenvalue weighted by atomic mass is 10.2. The van der Waals surface area contributed by atoms with Crippen molar-refractivity contribution in [1.29, 1.82) is 0 Å². The molecule has 1 aromatic rings. The number of sulfone groups is 1. The molecule has 16 heavy (non-hydrogen) atoms. The second-order valence-electron chi connectivity index (χ2n) is 3.79. The predicted molar refractivity (Wildman–Crippen MR) is 61.7 cm³/mol. The smallest absolute Gasteiger partial charge is 0.219 e. The normalized spacial score (nSPS) is 11.2. The lowest BCUT2D eigenvalue weighted by Gasteiger charge is -2.14. The van der Waals surface area contributed by atoms with Gasteiger partial charge in [-0.15, -0.1) is 0 Å². The van der Waals surface area contributed by atoms with E-state index in [1.165, 1.54) is 13.2 Å². The van der Waals surface area contributed by atoms with Crippen molar-refractivity contribution in [2.75, 3.05) is 13.3 Å². The lowest BCUT2D eigenvalue weighted by Crippen LogP contribution is -2.22. The molecule has 88 valence electrons. The van der Waals surface area contributed by atoms with E-state index in [-0.39, 0.29) is 5.91 Å². The summed E-state index contributed by atoms with van der Waals surface area (Å²) in [5.41, 5.74) is 0.908. The minimum atomic E-state index is -3.14. The van der Waals surface area contributed by atoms with E-state index >= 15 is 0 Å². The molecule has 0 aromatic heterocycles. The first-order chi connectivity index (χ1) is 7.30. The van der Waals surface area contributed by atoms with Crippen molar-refractivity contribution in [3.05, 3.63) is 29.8 Å². The van der Waals surface area contributed by atoms with E-state index in [1.54, 1.807) is 36.2 Å². The summed E-state index contributed by atoms with van der Waals surface area (Å²) in [5, 5.41) is 0. The second-order valence-corrected chi connectivity index (χ2v) is 5.81. The van der Waals surface area contributed by atoms with Gasteiger partial charge in [-0.25, -0.2) is 8.42 Å². The Morgan fingerprint density at radius 2 is 1.75 bits per heavy atom. The fourth-order valence-electron chi connectivity index (χ4n) is 1.23. The molecule has 0 atom stereocenters. The molecule has 0 bridgehead atoms. The first-order valence-corrected chi connectivity index (χ1v) is 6.70. The molecular formula is C11H15NO3S. The van der Waals surface area contributed by atoms with E-state index in [9.17, 15) is 13.2 Å². The summed E-state index contributed by atoms with van der Waals surface area (Å²) in [6.45, 7) is 1.98. The van der Waals surface area contributed by atoms with Gasteiger partial charge in [-0.05, 0) is 17.7 Å². The molecule has 1 amide bonds. The van der Waals surface area contributed by atoms with Crippen LogP contribution in [0.15, 0.2) is 29.2 Å². The van der Waals surface area contributed by atoms with Crippen molar-refractivity contribution < 1.29 is 13.2 Å². The van der Waals surface area contributed by atoms with Crippen LogP contribution in [-0.2, 0) is 21.2 Å². The fourth-order valence-corrected chi connectivity index (χ4v) is 1.86. The number of rotatable bonds is 3.